The molecule has 0 fully saturated rings. The van der Waals surface area contributed by atoms with Crippen molar-refractivity contribution in [2.24, 2.45) is 11.3 Å². The van der Waals surface area contributed by atoms with Crippen LogP contribution in [0.1, 0.15) is 21.6 Å². The number of nitriles is 2. The third-order valence-electron chi connectivity index (χ3n) is 5.05. The van der Waals surface area contributed by atoms with Crippen LogP contribution in [-0.4, -0.2) is 31.3 Å². The van der Waals surface area contributed by atoms with E-state index in [1.807, 2.05) is 0 Å². The van der Waals surface area contributed by atoms with Crippen LogP contribution in [0.25, 0.3) is 0 Å². The van der Waals surface area contributed by atoms with Crippen molar-refractivity contribution in [1.29, 1.82) is 10.5 Å². The molecule has 9 heteroatoms. The molecule has 3 rings (SSSR count). The van der Waals surface area contributed by atoms with E-state index in [1.54, 1.807) is 35.0 Å². The fourth-order valence-corrected chi connectivity index (χ4v) is 5.67. The number of ether oxygens (including phenoxy) is 2. The molecule has 0 bridgehead atoms. The Balaban J connectivity index is 2.44. The molecule has 0 aromatic carbocycles. The maximum Gasteiger partial charge on any atom is 0.337 e. The predicted octanol–water partition coefficient (Wildman–Crippen LogP) is 3.50. The first-order valence-electron chi connectivity index (χ1n) is 8.45. The van der Waals surface area contributed by atoms with E-state index in [0.29, 0.717) is 9.75 Å². The van der Waals surface area contributed by atoms with Crippen molar-refractivity contribution >= 4 is 34.6 Å². The summed E-state index contributed by atoms with van der Waals surface area (Å²) in [5, 5.41) is 35.0. The van der Waals surface area contributed by atoms with Gasteiger partial charge in [0.2, 0.25) is 0 Å². The van der Waals surface area contributed by atoms with E-state index in [0.717, 1.165) is 14.2 Å². The van der Waals surface area contributed by atoms with Crippen molar-refractivity contribution in [2.75, 3.05) is 14.2 Å². The lowest BCUT2D eigenvalue weighted by atomic mass is 9.56. The lowest BCUT2D eigenvalue weighted by Gasteiger charge is -2.43. The molecule has 2 aromatic rings. The topological polar surface area (TPSA) is 120 Å². The molecule has 0 amide bonds. The Morgan fingerprint density at radius 2 is 1.66 bits per heavy atom. The number of hydrogen-bond acceptors (Lipinski definition) is 9. The molecule has 2 heterocycles. The normalized spacial score (nSPS) is 23.0. The fourth-order valence-electron chi connectivity index (χ4n) is 3.82. The Hall–Kier alpha value is -3.14. The third-order valence-corrected chi connectivity index (χ3v) is 6.94. The van der Waals surface area contributed by atoms with Gasteiger partial charge in [-0.25, -0.2) is 4.79 Å². The van der Waals surface area contributed by atoms with E-state index in [-0.39, 0.29) is 5.57 Å². The maximum atomic E-state index is 12.7. The van der Waals surface area contributed by atoms with Gasteiger partial charge in [0.25, 0.3) is 0 Å². The van der Waals surface area contributed by atoms with Crippen LogP contribution in [0.2, 0.25) is 0 Å². The van der Waals surface area contributed by atoms with Crippen molar-refractivity contribution in [3.05, 3.63) is 56.1 Å². The molecule has 0 spiro atoms. The average Bonchev–Trinajstić information content (AvgIpc) is 3.45. The van der Waals surface area contributed by atoms with Gasteiger partial charge in [0.1, 0.15) is 11.7 Å². The average molecular weight is 428 g/mol. The van der Waals surface area contributed by atoms with Gasteiger partial charge in [-0.1, -0.05) is 12.1 Å². The minimum atomic E-state index is -1.86. The Morgan fingerprint density at radius 1 is 1.07 bits per heavy atom. The molecule has 148 valence electrons. The summed E-state index contributed by atoms with van der Waals surface area (Å²) in [5.41, 5.74) is -2.13. The van der Waals surface area contributed by atoms with Crippen LogP contribution in [0, 0.1) is 34.0 Å². The number of thiophene rings is 2. The highest BCUT2D eigenvalue weighted by Crippen LogP contribution is 2.60. The second kappa shape index (κ2) is 8.08. The molecular weight excluding hydrogens is 412 g/mol. The zero-order valence-electron chi connectivity index (χ0n) is 15.5. The number of aliphatic hydroxyl groups excluding tert-OH is 1. The van der Waals surface area contributed by atoms with Crippen LogP contribution in [0.15, 0.2) is 46.4 Å². The Kier molecular flexibility index (Phi) is 5.73. The minimum absolute atomic E-state index is 0.277. The van der Waals surface area contributed by atoms with Gasteiger partial charge >= 0.3 is 11.9 Å². The Morgan fingerprint density at radius 3 is 2.10 bits per heavy atom. The van der Waals surface area contributed by atoms with Crippen molar-refractivity contribution in [2.45, 2.75) is 11.8 Å². The highest BCUT2D eigenvalue weighted by molar-refractivity contribution is 7.10. The fraction of sp³-hybridized carbons (Fsp3) is 0.300. The molecule has 0 saturated heterocycles. The lowest BCUT2D eigenvalue weighted by molar-refractivity contribution is -0.147. The highest BCUT2D eigenvalue weighted by Gasteiger charge is 2.62. The van der Waals surface area contributed by atoms with Gasteiger partial charge in [0, 0.05) is 15.7 Å². The van der Waals surface area contributed by atoms with E-state index in [9.17, 15) is 25.2 Å². The number of rotatable bonds is 4. The molecule has 7 nitrogen and oxygen atoms in total. The number of hydrogen-bond donors (Lipinski definition) is 1. The lowest BCUT2D eigenvalue weighted by Crippen LogP contribution is -2.46. The number of nitrogens with zero attached hydrogens (tertiary/aromatic N) is 2. The van der Waals surface area contributed by atoms with Gasteiger partial charge in [0.15, 0.2) is 5.41 Å². The number of methoxy groups -OCH3 is 2. The van der Waals surface area contributed by atoms with Crippen LogP contribution in [-0.2, 0) is 19.1 Å². The highest BCUT2D eigenvalue weighted by atomic mass is 32.1. The first-order valence-corrected chi connectivity index (χ1v) is 10.2. The first-order chi connectivity index (χ1) is 14.0. The van der Waals surface area contributed by atoms with Crippen LogP contribution in [0.5, 0.6) is 0 Å². The standard InChI is InChI=1S/C20H16N2O5S2/c1-26-18(24)13-15(11-5-3-7-28-11)20(9-21,10-22)16(12-6-4-8-29-12)14(17(13)23)19(25)27-2/h3-8,13,15-16,23H,1-2H3/t13-,15+,16+/m1/s1. The maximum absolute atomic E-state index is 12.7. The zero-order chi connectivity index (χ0) is 21.2. The summed E-state index contributed by atoms with van der Waals surface area (Å²) in [5.74, 6) is -5.83. The molecular formula is C20H16N2O5S2. The van der Waals surface area contributed by atoms with Gasteiger partial charge in [-0.15, -0.1) is 22.7 Å². The van der Waals surface area contributed by atoms with Gasteiger partial charge in [-0.05, 0) is 22.9 Å². The summed E-state index contributed by atoms with van der Waals surface area (Å²) in [4.78, 5) is 26.4. The molecule has 29 heavy (non-hydrogen) atoms. The minimum Gasteiger partial charge on any atom is -0.511 e. The van der Waals surface area contributed by atoms with E-state index >= 15 is 0 Å². The second-order valence-electron chi connectivity index (χ2n) is 6.33. The van der Waals surface area contributed by atoms with Gasteiger partial charge in [0.05, 0.1) is 37.8 Å². The van der Waals surface area contributed by atoms with Gasteiger partial charge in [-0.3, -0.25) is 4.79 Å². The molecule has 0 aliphatic heterocycles. The van der Waals surface area contributed by atoms with Crippen molar-refractivity contribution in [3.8, 4) is 12.1 Å². The summed E-state index contributed by atoms with van der Waals surface area (Å²) in [7, 11) is 2.28. The first kappa shape index (κ1) is 20.6. The Labute approximate surface area is 175 Å². The smallest absolute Gasteiger partial charge is 0.337 e. The molecule has 0 unspecified atom stereocenters. The quantitative estimate of drug-likeness (QED) is 0.740. The monoisotopic (exact) mass is 428 g/mol. The molecule has 2 aromatic heterocycles. The number of esters is 2. The number of carbonyl (C=O) groups excluding carboxylic acids is 2. The summed E-state index contributed by atoms with van der Waals surface area (Å²) in [6, 6.07) is 11.0. The number of aliphatic hydroxyl groups is 1. The Bertz CT molecular complexity index is 1010. The summed E-state index contributed by atoms with van der Waals surface area (Å²) in [6.45, 7) is 0. The summed E-state index contributed by atoms with van der Waals surface area (Å²) in [6.07, 6.45) is 0. The predicted molar refractivity (Wildman–Crippen MR) is 105 cm³/mol. The molecule has 1 aliphatic rings. The van der Waals surface area contributed by atoms with E-state index < -0.39 is 40.9 Å². The summed E-state index contributed by atoms with van der Waals surface area (Å²) < 4.78 is 9.70. The van der Waals surface area contributed by atoms with Gasteiger partial charge < -0.3 is 14.6 Å². The van der Waals surface area contributed by atoms with E-state index in [2.05, 4.69) is 12.1 Å². The number of carbonyl (C=O) groups is 2. The molecule has 0 radical (unpaired) electrons. The van der Waals surface area contributed by atoms with Crippen LogP contribution in [0.3, 0.4) is 0 Å². The third kappa shape index (κ3) is 3.09. The molecule has 0 saturated carbocycles. The van der Waals surface area contributed by atoms with Crippen LogP contribution < -0.4 is 0 Å². The second-order valence-corrected chi connectivity index (χ2v) is 8.28. The van der Waals surface area contributed by atoms with Crippen molar-refractivity contribution in [3.63, 3.8) is 0 Å². The van der Waals surface area contributed by atoms with Crippen LogP contribution >= 0.6 is 22.7 Å². The summed E-state index contributed by atoms with van der Waals surface area (Å²) >= 11 is 2.50. The van der Waals surface area contributed by atoms with E-state index in [1.165, 1.54) is 22.7 Å². The zero-order valence-corrected chi connectivity index (χ0v) is 17.1. The van der Waals surface area contributed by atoms with E-state index in [4.69, 9.17) is 9.47 Å². The largest absolute Gasteiger partial charge is 0.511 e. The SMILES string of the molecule is COC(=O)C1=C(O)[C@H](C(=O)OC)[C@H](c2cccs2)C(C#N)(C#N)[C@H]1c1cccs1. The van der Waals surface area contributed by atoms with Crippen molar-refractivity contribution < 1.29 is 24.2 Å². The van der Waals surface area contributed by atoms with Crippen LogP contribution in [0.4, 0.5) is 0 Å². The van der Waals surface area contributed by atoms with Gasteiger partial charge in [-0.2, -0.15) is 10.5 Å². The molecule has 3 atom stereocenters. The molecule has 1 aliphatic carbocycles. The molecule has 1 N–H and O–H groups in total. The van der Waals surface area contributed by atoms with Crippen molar-refractivity contribution in [1.82, 2.24) is 0 Å².